The Labute approximate surface area is 113 Å². The first-order chi connectivity index (χ1) is 9.19. The normalized spacial score (nSPS) is 23.7. The summed E-state index contributed by atoms with van der Waals surface area (Å²) in [5, 5.41) is 9.35. The number of nitrogen functional groups attached to an aromatic ring is 1. The molecule has 0 aromatic carbocycles. The van der Waals surface area contributed by atoms with Gasteiger partial charge in [-0.1, -0.05) is 0 Å². The molecular formula is C14H22N4O. The third-order valence-electron chi connectivity index (χ3n) is 4.19. The van der Waals surface area contributed by atoms with Gasteiger partial charge in [-0.25, -0.2) is 9.97 Å². The second-order valence-corrected chi connectivity index (χ2v) is 5.83. The second kappa shape index (κ2) is 4.96. The van der Waals surface area contributed by atoms with Crippen molar-refractivity contribution < 1.29 is 5.11 Å². The quantitative estimate of drug-likeness (QED) is 0.862. The van der Waals surface area contributed by atoms with Crippen LogP contribution < -0.4 is 10.6 Å². The van der Waals surface area contributed by atoms with E-state index in [0.717, 1.165) is 43.1 Å². The summed E-state index contributed by atoms with van der Waals surface area (Å²) in [5.41, 5.74) is 7.01. The van der Waals surface area contributed by atoms with Gasteiger partial charge in [-0.05, 0) is 38.5 Å². The maximum Gasteiger partial charge on any atom is 0.137 e. The lowest BCUT2D eigenvalue weighted by molar-refractivity contribution is 0.208. The molecule has 2 heterocycles. The van der Waals surface area contributed by atoms with Gasteiger partial charge in [-0.2, -0.15) is 0 Å². The molecule has 1 saturated heterocycles. The molecule has 2 fully saturated rings. The lowest BCUT2D eigenvalue weighted by Crippen LogP contribution is -2.38. The Hall–Kier alpha value is -1.36. The van der Waals surface area contributed by atoms with E-state index in [9.17, 15) is 5.11 Å². The molecule has 19 heavy (non-hydrogen) atoms. The molecule has 3 rings (SSSR count). The first-order valence-electron chi connectivity index (χ1n) is 7.19. The number of nitrogens with two attached hydrogens (primary N) is 1. The first-order valence-corrected chi connectivity index (χ1v) is 7.19. The minimum absolute atomic E-state index is 0.256. The summed E-state index contributed by atoms with van der Waals surface area (Å²) in [4.78, 5) is 11.4. The van der Waals surface area contributed by atoms with Crippen molar-refractivity contribution in [2.24, 2.45) is 5.92 Å². The Balaban J connectivity index is 1.89. The lowest BCUT2D eigenvalue weighted by Gasteiger charge is -2.33. The van der Waals surface area contributed by atoms with E-state index in [2.05, 4.69) is 9.88 Å². The van der Waals surface area contributed by atoms with Crippen molar-refractivity contribution >= 4 is 11.6 Å². The molecule has 0 amide bonds. The molecule has 1 aliphatic heterocycles. The third-order valence-corrected chi connectivity index (χ3v) is 4.19. The highest BCUT2D eigenvalue weighted by molar-refractivity contribution is 5.57. The van der Waals surface area contributed by atoms with Crippen LogP contribution in [-0.4, -0.2) is 34.8 Å². The number of nitrogens with zero attached hydrogens (tertiary/aromatic N) is 3. The highest BCUT2D eigenvalue weighted by atomic mass is 16.3. The zero-order chi connectivity index (χ0) is 13.4. The Bertz CT molecular complexity index is 473. The number of anilines is 2. The van der Waals surface area contributed by atoms with Crippen LogP contribution in [0.1, 0.15) is 43.0 Å². The second-order valence-electron chi connectivity index (χ2n) is 5.83. The summed E-state index contributed by atoms with van der Waals surface area (Å²) >= 11 is 0. The van der Waals surface area contributed by atoms with Gasteiger partial charge < -0.3 is 15.7 Å². The smallest absolute Gasteiger partial charge is 0.137 e. The van der Waals surface area contributed by atoms with Gasteiger partial charge in [0.15, 0.2) is 0 Å². The standard InChI is InChI=1S/C14H22N4O/c1-9-12(15)16-13(11-4-5-11)17-14(9)18-6-2-3-10(7-18)8-19/h10-11,19H,2-8H2,1H3,(H2,15,16,17). The van der Waals surface area contributed by atoms with Crippen LogP contribution in [0.3, 0.4) is 0 Å². The topological polar surface area (TPSA) is 75.3 Å². The minimum atomic E-state index is 0.256. The zero-order valence-corrected chi connectivity index (χ0v) is 11.5. The number of aliphatic hydroxyl groups is 1. The molecule has 104 valence electrons. The fraction of sp³-hybridized carbons (Fsp3) is 0.714. The van der Waals surface area contributed by atoms with Crippen molar-refractivity contribution in [3.05, 3.63) is 11.4 Å². The minimum Gasteiger partial charge on any atom is -0.396 e. The summed E-state index contributed by atoms with van der Waals surface area (Å²) in [6.45, 7) is 4.12. The van der Waals surface area contributed by atoms with E-state index < -0.39 is 0 Å². The maximum absolute atomic E-state index is 9.35. The van der Waals surface area contributed by atoms with Crippen LogP contribution in [0.2, 0.25) is 0 Å². The van der Waals surface area contributed by atoms with E-state index in [1.807, 2.05) is 6.92 Å². The van der Waals surface area contributed by atoms with Crippen LogP contribution in [0.25, 0.3) is 0 Å². The van der Waals surface area contributed by atoms with Crippen molar-refractivity contribution in [2.45, 2.75) is 38.5 Å². The van der Waals surface area contributed by atoms with Crippen LogP contribution in [0, 0.1) is 12.8 Å². The van der Waals surface area contributed by atoms with Crippen LogP contribution in [0.5, 0.6) is 0 Å². The van der Waals surface area contributed by atoms with E-state index >= 15 is 0 Å². The van der Waals surface area contributed by atoms with Crippen molar-refractivity contribution in [1.82, 2.24) is 9.97 Å². The molecule has 0 radical (unpaired) electrons. The molecule has 1 unspecified atom stereocenters. The highest BCUT2D eigenvalue weighted by Crippen LogP contribution is 2.40. The molecule has 5 nitrogen and oxygen atoms in total. The van der Waals surface area contributed by atoms with Gasteiger partial charge in [-0.15, -0.1) is 0 Å². The predicted octanol–water partition coefficient (Wildman–Crippen LogP) is 1.45. The van der Waals surface area contributed by atoms with Crippen LogP contribution in [0.4, 0.5) is 11.6 Å². The number of hydrogen-bond acceptors (Lipinski definition) is 5. The Morgan fingerprint density at radius 1 is 1.32 bits per heavy atom. The van der Waals surface area contributed by atoms with Gasteiger partial charge in [0.05, 0.1) is 0 Å². The van der Waals surface area contributed by atoms with Crippen LogP contribution >= 0.6 is 0 Å². The molecule has 1 aromatic heterocycles. The van der Waals surface area contributed by atoms with Gasteiger partial charge in [-0.3, -0.25) is 0 Å². The molecule has 1 aliphatic carbocycles. The number of aliphatic hydroxyl groups excluding tert-OH is 1. The average molecular weight is 262 g/mol. The third kappa shape index (κ3) is 2.52. The van der Waals surface area contributed by atoms with Gasteiger partial charge in [0, 0.05) is 31.2 Å². The van der Waals surface area contributed by atoms with E-state index in [4.69, 9.17) is 10.7 Å². The zero-order valence-electron chi connectivity index (χ0n) is 11.5. The number of aromatic nitrogens is 2. The molecular weight excluding hydrogens is 240 g/mol. The highest BCUT2D eigenvalue weighted by Gasteiger charge is 2.29. The fourth-order valence-electron chi connectivity index (χ4n) is 2.78. The molecule has 1 atom stereocenters. The first kappa shape index (κ1) is 12.7. The van der Waals surface area contributed by atoms with E-state index in [0.29, 0.717) is 17.7 Å². The number of rotatable bonds is 3. The SMILES string of the molecule is Cc1c(N)nc(C2CC2)nc1N1CCCC(CO)C1. The Morgan fingerprint density at radius 2 is 2.11 bits per heavy atom. The molecule has 0 spiro atoms. The molecule has 3 N–H and O–H groups in total. The largest absolute Gasteiger partial charge is 0.396 e. The summed E-state index contributed by atoms with van der Waals surface area (Å²) in [6.07, 6.45) is 4.57. The summed E-state index contributed by atoms with van der Waals surface area (Å²) in [6, 6.07) is 0. The Kier molecular flexibility index (Phi) is 3.31. The monoisotopic (exact) mass is 262 g/mol. The van der Waals surface area contributed by atoms with Crippen LogP contribution in [-0.2, 0) is 0 Å². The van der Waals surface area contributed by atoms with Crippen molar-refractivity contribution in [3.8, 4) is 0 Å². The van der Waals surface area contributed by atoms with Crippen molar-refractivity contribution in [2.75, 3.05) is 30.3 Å². The fourth-order valence-corrected chi connectivity index (χ4v) is 2.78. The lowest BCUT2D eigenvalue weighted by atomic mass is 9.99. The maximum atomic E-state index is 9.35. The summed E-state index contributed by atoms with van der Waals surface area (Å²) in [7, 11) is 0. The molecule has 5 heteroatoms. The predicted molar refractivity (Wildman–Crippen MR) is 75.2 cm³/mol. The molecule has 0 bridgehead atoms. The van der Waals surface area contributed by atoms with Gasteiger partial charge in [0.1, 0.15) is 17.5 Å². The van der Waals surface area contributed by atoms with Crippen LogP contribution in [0.15, 0.2) is 0 Å². The summed E-state index contributed by atoms with van der Waals surface area (Å²) < 4.78 is 0. The molecule has 1 aromatic rings. The molecule has 1 saturated carbocycles. The summed E-state index contributed by atoms with van der Waals surface area (Å²) in [5.74, 6) is 3.36. The average Bonchev–Trinajstić information content (AvgIpc) is 3.26. The van der Waals surface area contributed by atoms with Crippen molar-refractivity contribution in [1.29, 1.82) is 0 Å². The van der Waals surface area contributed by atoms with E-state index in [1.165, 1.54) is 12.8 Å². The van der Waals surface area contributed by atoms with Gasteiger partial charge in [0.25, 0.3) is 0 Å². The van der Waals surface area contributed by atoms with Gasteiger partial charge in [0.2, 0.25) is 0 Å². The number of hydrogen-bond donors (Lipinski definition) is 2. The Morgan fingerprint density at radius 3 is 2.79 bits per heavy atom. The number of piperidine rings is 1. The molecule has 2 aliphatic rings. The van der Waals surface area contributed by atoms with E-state index in [-0.39, 0.29) is 6.61 Å². The van der Waals surface area contributed by atoms with E-state index in [1.54, 1.807) is 0 Å². The van der Waals surface area contributed by atoms with Crippen molar-refractivity contribution in [3.63, 3.8) is 0 Å². The van der Waals surface area contributed by atoms with Gasteiger partial charge >= 0.3 is 0 Å².